The Bertz CT molecular complexity index is 1000. The van der Waals surface area contributed by atoms with Gasteiger partial charge in [0, 0.05) is 25.5 Å². The van der Waals surface area contributed by atoms with Crippen molar-refractivity contribution in [2.75, 3.05) is 25.1 Å². The average Bonchev–Trinajstić information content (AvgIpc) is 2.92. The number of hydrogen-bond donors (Lipinski definition) is 3. The van der Waals surface area contributed by atoms with Crippen molar-refractivity contribution in [1.82, 2.24) is 10.3 Å². The summed E-state index contributed by atoms with van der Waals surface area (Å²) in [5.74, 6) is -0.113. The Kier molecular flexibility index (Phi) is 9.34. The fourth-order valence-corrected chi connectivity index (χ4v) is 5.37. The second-order valence-corrected chi connectivity index (χ2v) is 10.1. The molecule has 1 fully saturated rings. The van der Waals surface area contributed by atoms with Crippen LogP contribution < -0.4 is 10.6 Å². The van der Waals surface area contributed by atoms with Gasteiger partial charge in [-0.2, -0.15) is 0 Å². The smallest absolute Gasteiger partial charge is 0.326 e. The van der Waals surface area contributed by atoms with Crippen molar-refractivity contribution in [2.24, 2.45) is 0 Å². The standard InChI is InChI=1S/C29H39N3O4/c33-27(34)25(32-28(35)29(17-20-36-21-18-29)23-11-5-4-6-12-23)14-8-3-1-2-7-13-24-16-15-22-10-9-19-30-26(22)31-24/h4-6,11-12,15-16,25H,1-3,7-10,13-14,17-21H2,(H,30,31)(H,32,35)(H,33,34)/t25-/m0/s1. The fraction of sp³-hybridized carbons (Fsp3) is 0.552. The molecule has 0 bridgehead atoms. The molecule has 1 amide bonds. The number of aromatic nitrogens is 1. The first kappa shape index (κ1) is 26.1. The number of carbonyl (C=O) groups is 2. The van der Waals surface area contributed by atoms with Crippen LogP contribution in [0.1, 0.15) is 74.6 Å². The molecule has 0 radical (unpaired) electrons. The number of nitrogens with zero attached hydrogens (tertiary/aromatic N) is 1. The van der Waals surface area contributed by atoms with E-state index in [0.29, 0.717) is 32.5 Å². The van der Waals surface area contributed by atoms with Gasteiger partial charge in [0.25, 0.3) is 0 Å². The van der Waals surface area contributed by atoms with Crippen LogP contribution >= 0.6 is 0 Å². The molecule has 2 aliphatic rings. The van der Waals surface area contributed by atoms with Gasteiger partial charge in [0.05, 0.1) is 5.41 Å². The molecular weight excluding hydrogens is 454 g/mol. The molecule has 2 aromatic rings. The lowest BCUT2D eigenvalue weighted by atomic mass is 9.73. The average molecular weight is 494 g/mol. The molecular formula is C29H39N3O4. The maximum Gasteiger partial charge on any atom is 0.326 e. The number of hydrogen-bond acceptors (Lipinski definition) is 5. The van der Waals surface area contributed by atoms with E-state index in [1.807, 2.05) is 30.3 Å². The number of carboxylic acids is 1. The first-order valence-corrected chi connectivity index (χ1v) is 13.5. The van der Waals surface area contributed by atoms with Gasteiger partial charge in [-0.25, -0.2) is 9.78 Å². The number of aliphatic carboxylic acids is 1. The van der Waals surface area contributed by atoms with Crippen LogP contribution in [0.2, 0.25) is 0 Å². The second-order valence-electron chi connectivity index (χ2n) is 10.1. The third-order valence-corrected chi connectivity index (χ3v) is 7.59. The normalized spacial score (nSPS) is 17.4. The molecule has 194 valence electrons. The van der Waals surface area contributed by atoms with Crippen molar-refractivity contribution in [1.29, 1.82) is 0 Å². The number of carboxylic acid groups (broad SMARTS) is 1. The van der Waals surface area contributed by atoms with Gasteiger partial charge >= 0.3 is 5.97 Å². The lowest BCUT2D eigenvalue weighted by Gasteiger charge is -2.37. The summed E-state index contributed by atoms with van der Waals surface area (Å²) >= 11 is 0. The van der Waals surface area contributed by atoms with E-state index in [0.717, 1.165) is 68.6 Å². The number of benzene rings is 1. The van der Waals surface area contributed by atoms with Crippen LogP contribution in [-0.2, 0) is 32.6 Å². The zero-order valence-corrected chi connectivity index (χ0v) is 21.1. The van der Waals surface area contributed by atoms with Crippen LogP contribution in [0.3, 0.4) is 0 Å². The van der Waals surface area contributed by atoms with Crippen molar-refractivity contribution in [3.05, 3.63) is 59.3 Å². The monoisotopic (exact) mass is 493 g/mol. The summed E-state index contributed by atoms with van der Waals surface area (Å²) < 4.78 is 5.51. The topological polar surface area (TPSA) is 101 Å². The second kappa shape index (κ2) is 12.9. The SMILES string of the molecule is O=C(O)[C@H](CCCCCCCc1ccc2c(n1)NCCC2)NC(=O)C1(c2ccccc2)CCOCC1. The predicted molar refractivity (Wildman–Crippen MR) is 140 cm³/mol. The largest absolute Gasteiger partial charge is 0.480 e. The molecule has 4 rings (SSSR count). The molecule has 0 spiro atoms. The summed E-state index contributed by atoms with van der Waals surface area (Å²) in [6.07, 6.45) is 9.76. The van der Waals surface area contributed by atoms with Crippen LogP contribution in [0, 0.1) is 0 Å². The van der Waals surface area contributed by atoms with Gasteiger partial charge < -0.3 is 20.5 Å². The molecule has 1 aromatic heterocycles. The minimum Gasteiger partial charge on any atom is -0.480 e. The minimum atomic E-state index is -0.967. The molecule has 36 heavy (non-hydrogen) atoms. The highest BCUT2D eigenvalue weighted by Crippen LogP contribution is 2.35. The van der Waals surface area contributed by atoms with Crippen molar-refractivity contribution < 1.29 is 19.4 Å². The molecule has 7 nitrogen and oxygen atoms in total. The van der Waals surface area contributed by atoms with Gasteiger partial charge in [-0.05, 0) is 62.1 Å². The number of nitrogens with one attached hydrogen (secondary N) is 2. The maximum absolute atomic E-state index is 13.4. The molecule has 0 saturated carbocycles. The fourth-order valence-electron chi connectivity index (χ4n) is 5.37. The molecule has 1 saturated heterocycles. The third kappa shape index (κ3) is 6.64. The number of anilines is 1. The van der Waals surface area contributed by atoms with E-state index in [4.69, 9.17) is 9.72 Å². The Morgan fingerprint density at radius 3 is 2.56 bits per heavy atom. The number of rotatable bonds is 12. The highest BCUT2D eigenvalue weighted by molar-refractivity contribution is 5.91. The van der Waals surface area contributed by atoms with Crippen molar-refractivity contribution in [2.45, 2.75) is 82.1 Å². The van der Waals surface area contributed by atoms with Crippen LogP contribution in [0.25, 0.3) is 0 Å². The van der Waals surface area contributed by atoms with E-state index in [2.05, 4.69) is 22.8 Å². The summed E-state index contributed by atoms with van der Waals surface area (Å²) in [7, 11) is 0. The van der Waals surface area contributed by atoms with Crippen molar-refractivity contribution >= 4 is 17.7 Å². The molecule has 1 aromatic carbocycles. The van der Waals surface area contributed by atoms with Gasteiger partial charge in [-0.1, -0.05) is 62.1 Å². The Morgan fingerprint density at radius 1 is 1.03 bits per heavy atom. The Hall–Kier alpha value is -2.93. The van der Waals surface area contributed by atoms with Gasteiger partial charge in [0.15, 0.2) is 0 Å². The summed E-state index contributed by atoms with van der Waals surface area (Å²) in [6.45, 7) is 2.00. The zero-order valence-electron chi connectivity index (χ0n) is 21.1. The van der Waals surface area contributed by atoms with Crippen molar-refractivity contribution in [3.63, 3.8) is 0 Å². The summed E-state index contributed by atoms with van der Waals surface area (Å²) in [6, 6.07) is 13.2. The van der Waals surface area contributed by atoms with E-state index in [9.17, 15) is 14.7 Å². The molecule has 2 aliphatic heterocycles. The number of carbonyl (C=O) groups excluding carboxylic acids is 1. The molecule has 3 heterocycles. The molecule has 0 unspecified atom stereocenters. The first-order chi connectivity index (χ1) is 17.6. The summed E-state index contributed by atoms with van der Waals surface area (Å²) in [4.78, 5) is 30.1. The summed E-state index contributed by atoms with van der Waals surface area (Å²) in [5, 5.41) is 16.0. The first-order valence-electron chi connectivity index (χ1n) is 13.5. The Balaban J connectivity index is 1.20. The van der Waals surface area contributed by atoms with Gasteiger partial charge in [0.2, 0.25) is 5.91 Å². The van der Waals surface area contributed by atoms with E-state index in [1.165, 1.54) is 12.0 Å². The van der Waals surface area contributed by atoms with E-state index in [1.54, 1.807) is 0 Å². The highest BCUT2D eigenvalue weighted by atomic mass is 16.5. The molecule has 3 N–H and O–H groups in total. The van der Waals surface area contributed by atoms with Crippen LogP contribution in [-0.4, -0.2) is 47.8 Å². The molecule has 7 heteroatoms. The molecule has 0 aliphatic carbocycles. The zero-order chi connectivity index (χ0) is 25.2. The van der Waals surface area contributed by atoms with Crippen LogP contribution in [0.4, 0.5) is 5.82 Å². The predicted octanol–water partition coefficient (Wildman–Crippen LogP) is 4.64. The number of amides is 1. The minimum absolute atomic E-state index is 0.198. The third-order valence-electron chi connectivity index (χ3n) is 7.59. The van der Waals surface area contributed by atoms with Crippen LogP contribution in [0.15, 0.2) is 42.5 Å². The van der Waals surface area contributed by atoms with Gasteiger partial charge in [-0.3, -0.25) is 4.79 Å². The number of unbranched alkanes of at least 4 members (excludes halogenated alkanes) is 4. The van der Waals surface area contributed by atoms with Gasteiger partial charge in [0.1, 0.15) is 11.9 Å². The van der Waals surface area contributed by atoms with Crippen molar-refractivity contribution in [3.8, 4) is 0 Å². The van der Waals surface area contributed by atoms with Crippen LogP contribution in [0.5, 0.6) is 0 Å². The Labute approximate surface area is 214 Å². The van der Waals surface area contributed by atoms with Gasteiger partial charge in [-0.15, -0.1) is 0 Å². The maximum atomic E-state index is 13.4. The number of pyridine rings is 1. The quantitative estimate of drug-likeness (QED) is 0.373. The van der Waals surface area contributed by atoms with E-state index in [-0.39, 0.29) is 5.91 Å². The number of aryl methyl sites for hydroxylation is 2. The van der Waals surface area contributed by atoms with E-state index >= 15 is 0 Å². The molecule has 1 atom stereocenters. The number of fused-ring (bicyclic) bond motifs is 1. The lowest BCUT2D eigenvalue weighted by Crippen LogP contribution is -2.52. The lowest BCUT2D eigenvalue weighted by molar-refractivity contribution is -0.144. The van der Waals surface area contributed by atoms with E-state index < -0.39 is 17.4 Å². The number of ether oxygens (including phenoxy) is 1. The Morgan fingerprint density at radius 2 is 1.78 bits per heavy atom. The summed E-state index contributed by atoms with van der Waals surface area (Å²) in [5.41, 5.74) is 2.65. The highest BCUT2D eigenvalue weighted by Gasteiger charge is 2.42.